The number of carbonyl (C=O) groups is 1. The molecule has 0 spiro atoms. The van der Waals surface area contributed by atoms with Crippen LogP contribution >= 0.6 is 23.2 Å². The van der Waals surface area contributed by atoms with E-state index in [1.165, 1.54) is 0 Å². The Kier molecular flexibility index (Phi) is 3.53. The monoisotopic (exact) mass is 257 g/mol. The summed E-state index contributed by atoms with van der Waals surface area (Å²) in [5.41, 5.74) is 0.581. The third-order valence-electron chi connectivity index (χ3n) is 3.22. The maximum Gasteiger partial charge on any atom is 0.130 e. The quantitative estimate of drug-likeness (QED) is 0.826. The fourth-order valence-corrected chi connectivity index (χ4v) is 2.45. The fraction of sp³-hybridized carbons (Fsp3) is 0.417. The van der Waals surface area contributed by atoms with Gasteiger partial charge < -0.3 is 10.1 Å². The summed E-state index contributed by atoms with van der Waals surface area (Å²) in [5.74, 6) is 0. The van der Waals surface area contributed by atoms with Gasteiger partial charge in [0.1, 0.15) is 6.29 Å². The first kappa shape index (κ1) is 11.9. The van der Waals surface area contributed by atoms with Crippen molar-refractivity contribution in [3.63, 3.8) is 0 Å². The van der Waals surface area contributed by atoms with Gasteiger partial charge in [-0.25, -0.2) is 0 Å². The first-order valence-electron chi connectivity index (χ1n) is 5.30. The highest BCUT2D eigenvalue weighted by atomic mass is 35.5. The highest BCUT2D eigenvalue weighted by molar-refractivity contribution is 6.42. The van der Waals surface area contributed by atoms with Crippen LogP contribution in [-0.2, 0) is 10.2 Å². The summed E-state index contributed by atoms with van der Waals surface area (Å²) in [5, 5.41) is 4.29. The van der Waals surface area contributed by atoms with Crippen LogP contribution in [0.1, 0.15) is 18.4 Å². The van der Waals surface area contributed by atoms with Gasteiger partial charge in [-0.05, 0) is 43.6 Å². The Hall–Kier alpha value is -0.570. The molecule has 1 fully saturated rings. The summed E-state index contributed by atoms with van der Waals surface area (Å²) in [6, 6.07) is 5.46. The van der Waals surface area contributed by atoms with Gasteiger partial charge in [-0.15, -0.1) is 0 Å². The van der Waals surface area contributed by atoms with Gasteiger partial charge in [-0.2, -0.15) is 0 Å². The van der Waals surface area contributed by atoms with Crippen molar-refractivity contribution >= 4 is 29.5 Å². The molecule has 0 bridgehead atoms. The third-order valence-corrected chi connectivity index (χ3v) is 3.95. The number of hydrogen-bond donors (Lipinski definition) is 1. The number of carbonyl (C=O) groups excluding carboxylic acids is 1. The Balaban J connectivity index is 2.39. The average molecular weight is 258 g/mol. The summed E-state index contributed by atoms with van der Waals surface area (Å²) in [6.45, 7) is 1.72. The van der Waals surface area contributed by atoms with E-state index in [1.54, 1.807) is 6.07 Å². The lowest BCUT2D eigenvalue weighted by Gasteiger charge is -2.33. The molecule has 4 heteroatoms. The number of nitrogens with one attached hydrogen (secondary N) is 1. The molecule has 0 aromatic heterocycles. The SMILES string of the molecule is O=CC1(c2ccc(Cl)c(Cl)c2)CCNCC1. The van der Waals surface area contributed by atoms with Gasteiger partial charge in [0.05, 0.1) is 15.5 Å². The zero-order valence-corrected chi connectivity index (χ0v) is 10.3. The second kappa shape index (κ2) is 4.74. The smallest absolute Gasteiger partial charge is 0.130 e. The molecule has 0 radical (unpaired) electrons. The van der Waals surface area contributed by atoms with E-state index in [0.29, 0.717) is 10.0 Å². The van der Waals surface area contributed by atoms with Crippen molar-refractivity contribution in [3.8, 4) is 0 Å². The number of piperidine rings is 1. The molecule has 1 aliphatic heterocycles. The van der Waals surface area contributed by atoms with Gasteiger partial charge in [0, 0.05) is 0 Å². The van der Waals surface area contributed by atoms with E-state index in [-0.39, 0.29) is 5.41 Å². The lowest BCUT2D eigenvalue weighted by molar-refractivity contribution is -0.113. The zero-order chi connectivity index (χ0) is 11.6. The Labute approximate surface area is 105 Å². The highest BCUT2D eigenvalue weighted by Crippen LogP contribution is 2.34. The number of halogens is 2. The van der Waals surface area contributed by atoms with Crippen LogP contribution in [0.2, 0.25) is 10.0 Å². The van der Waals surface area contributed by atoms with Crippen molar-refractivity contribution in [1.29, 1.82) is 0 Å². The second-order valence-corrected chi connectivity index (χ2v) is 4.97. The molecule has 1 N–H and O–H groups in total. The molecule has 0 saturated carbocycles. The minimum atomic E-state index is -0.389. The van der Waals surface area contributed by atoms with E-state index in [2.05, 4.69) is 5.32 Å². The molecule has 0 atom stereocenters. The van der Waals surface area contributed by atoms with Crippen molar-refractivity contribution in [3.05, 3.63) is 33.8 Å². The van der Waals surface area contributed by atoms with Crippen LogP contribution in [0.5, 0.6) is 0 Å². The molecule has 16 heavy (non-hydrogen) atoms. The highest BCUT2D eigenvalue weighted by Gasteiger charge is 2.33. The second-order valence-electron chi connectivity index (χ2n) is 4.15. The summed E-state index contributed by atoms with van der Waals surface area (Å²) in [4.78, 5) is 11.4. The minimum Gasteiger partial charge on any atom is -0.317 e. The van der Waals surface area contributed by atoms with Crippen molar-refractivity contribution < 1.29 is 4.79 Å². The van der Waals surface area contributed by atoms with Gasteiger partial charge in [-0.1, -0.05) is 29.3 Å². The molecule has 0 amide bonds. The summed E-state index contributed by atoms with van der Waals surface area (Å²) in [7, 11) is 0. The van der Waals surface area contributed by atoms with Gasteiger partial charge in [-0.3, -0.25) is 0 Å². The molecule has 0 aliphatic carbocycles. The van der Waals surface area contributed by atoms with Crippen LogP contribution in [0, 0.1) is 0 Å². The van der Waals surface area contributed by atoms with E-state index in [1.807, 2.05) is 12.1 Å². The van der Waals surface area contributed by atoms with Crippen molar-refractivity contribution in [2.45, 2.75) is 18.3 Å². The van der Waals surface area contributed by atoms with E-state index in [4.69, 9.17) is 23.2 Å². The molecule has 2 rings (SSSR count). The van der Waals surface area contributed by atoms with Crippen LogP contribution in [0.25, 0.3) is 0 Å². The van der Waals surface area contributed by atoms with Crippen LogP contribution in [0.4, 0.5) is 0 Å². The van der Waals surface area contributed by atoms with E-state index >= 15 is 0 Å². The maximum absolute atomic E-state index is 11.4. The maximum atomic E-state index is 11.4. The molecule has 0 unspecified atom stereocenters. The molecule has 1 aromatic rings. The molecule has 1 saturated heterocycles. The van der Waals surface area contributed by atoms with Crippen LogP contribution in [-0.4, -0.2) is 19.4 Å². The first-order chi connectivity index (χ1) is 7.68. The molecule has 86 valence electrons. The average Bonchev–Trinajstić information content (AvgIpc) is 2.33. The summed E-state index contributed by atoms with van der Waals surface area (Å²) >= 11 is 11.9. The Morgan fingerprint density at radius 2 is 1.88 bits per heavy atom. The first-order valence-corrected chi connectivity index (χ1v) is 6.06. The van der Waals surface area contributed by atoms with Gasteiger partial charge in [0.2, 0.25) is 0 Å². The molecule has 1 aliphatic rings. The number of aldehydes is 1. The summed E-state index contributed by atoms with van der Waals surface area (Å²) in [6.07, 6.45) is 2.68. The Bertz CT molecular complexity index is 400. The molecular weight excluding hydrogens is 245 g/mol. The lowest BCUT2D eigenvalue weighted by Crippen LogP contribution is -2.41. The number of hydrogen-bond acceptors (Lipinski definition) is 2. The predicted octanol–water partition coefficient (Wildman–Crippen LogP) is 2.81. The van der Waals surface area contributed by atoms with E-state index in [0.717, 1.165) is 37.8 Å². The van der Waals surface area contributed by atoms with E-state index < -0.39 is 0 Å². The topological polar surface area (TPSA) is 29.1 Å². The normalized spacial score (nSPS) is 19.4. The minimum absolute atomic E-state index is 0.389. The van der Waals surface area contributed by atoms with Crippen LogP contribution < -0.4 is 5.32 Å². The number of benzene rings is 1. The van der Waals surface area contributed by atoms with Crippen molar-refractivity contribution in [2.75, 3.05) is 13.1 Å². The Morgan fingerprint density at radius 1 is 1.19 bits per heavy atom. The van der Waals surface area contributed by atoms with Crippen LogP contribution in [0.15, 0.2) is 18.2 Å². The third kappa shape index (κ3) is 2.10. The molecule has 1 heterocycles. The molecule has 2 nitrogen and oxygen atoms in total. The lowest BCUT2D eigenvalue weighted by atomic mass is 9.74. The Morgan fingerprint density at radius 3 is 2.44 bits per heavy atom. The standard InChI is InChI=1S/C12H13Cl2NO/c13-10-2-1-9(7-11(10)14)12(8-16)3-5-15-6-4-12/h1-2,7-8,15H,3-6H2. The zero-order valence-electron chi connectivity index (χ0n) is 8.80. The van der Waals surface area contributed by atoms with Crippen LogP contribution in [0.3, 0.4) is 0 Å². The molecular formula is C12H13Cl2NO. The van der Waals surface area contributed by atoms with E-state index in [9.17, 15) is 4.79 Å². The van der Waals surface area contributed by atoms with Crippen molar-refractivity contribution in [2.24, 2.45) is 0 Å². The van der Waals surface area contributed by atoms with Gasteiger partial charge in [0.15, 0.2) is 0 Å². The van der Waals surface area contributed by atoms with Crippen molar-refractivity contribution in [1.82, 2.24) is 5.32 Å². The number of rotatable bonds is 2. The van der Waals surface area contributed by atoms with Gasteiger partial charge in [0.25, 0.3) is 0 Å². The van der Waals surface area contributed by atoms with Gasteiger partial charge >= 0.3 is 0 Å². The molecule has 1 aromatic carbocycles. The summed E-state index contributed by atoms with van der Waals surface area (Å²) < 4.78 is 0. The predicted molar refractivity (Wildman–Crippen MR) is 66.3 cm³/mol. The fourth-order valence-electron chi connectivity index (χ4n) is 2.15. The largest absolute Gasteiger partial charge is 0.317 e.